The third kappa shape index (κ3) is 5.62. The van der Waals surface area contributed by atoms with Crippen molar-refractivity contribution in [1.82, 2.24) is 19.8 Å². The summed E-state index contributed by atoms with van der Waals surface area (Å²) in [5.74, 6) is 0.595. The van der Waals surface area contributed by atoms with Crippen molar-refractivity contribution in [3.63, 3.8) is 0 Å². The van der Waals surface area contributed by atoms with E-state index in [-0.39, 0.29) is 5.56 Å². The quantitative estimate of drug-likeness (QED) is 0.584. The third-order valence-corrected chi connectivity index (χ3v) is 5.08. The molecule has 152 valence electrons. The number of fused-ring (bicyclic) bond motifs is 1. The zero-order chi connectivity index (χ0) is 20.8. The monoisotopic (exact) mass is 409 g/mol. The van der Waals surface area contributed by atoms with Crippen LogP contribution in [0.2, 0.25) is 0 Å². The van der Waals surface area contributed by atoms with E-state index in [2.05, 4.69) is 39.2 Å². The van der Waals surface area contributed by atoms with Crippen LogP contribution in [0.15, 0.2) is 53.3 Å². The number of aromatic nitrogens is 2. The minimum absolute atomic E-state index is 0.132. The Hall–Kier alpha value is -2.77. The van der Waals surface area contributed by atoms with E-state index in [0.717, 1.165) is 18.7 Å². The summed E-state index contributed by atoms with van der Waals surface area (Å²) in [4.78, 5) is 24.0. The average molecular weight is 410 g/mol. The predicted octanol–water partition coefficient (Wildman–Crippen LogP) is 3.25. The van der Waals surface area contributed by atoms with Gasteiger partial charge in [0.1, 0.15) is 5.82 Å². The fraction of sp³-hybridized carbons (Fsp3) is 0.318. The summed E-state index contributed by atoms with van der Waals surface area (Å²) >= 11 is 5.68. The molecule has 0 fully saturated rings. The van der Waals surface area contributed by atoms with Gasteiger partial charge in [-0.25, -0.2) is 4.98 Å². The van der Waals surface area contributed by atoms with Crippen molar-refractivity contribution in [2.24, 2.45) is 0 Å². The van der Waals surface area contributed by atoms with E-state index in [0.29, 0.717) is 34.9 Å². The largest absolute Gasteiger partial charge is 0.340 e. The first-order chi connectivity index (χ1) is 14.0. The van der Waals surface area contributed by atoms with Gasteiger partial charge in [0.05, 0.1) is 17.4 Å². The Morgan fingerprint density at radius 3 is 2.52 bits per heavy atom. The first kappa shape index (κ1) is 21.0. The van der Waals surface area contributed by atoms with Gasteiger partial charge < -0.3 is 20.1 Å². The highest BCUT2D eigenvalue weighted by Gasteiger charge is 2.14. The zero-order valence-corrected chi connectivity index (χ0v) is 17.9. The average Bonchev–Trinajstić information content (AvgIpc) is 2.71. The summed E-state index contributed by atoms with van der Waals surface area (Å²) in [5.41, 5.74) is 2.78. The van der Waals surface area contributed by atoms with Crippen LogP contribution < -0.4 is 10.9 Å². The summed E-state index contributed by atoms with van der Waals surface area (Å²) in [6, 6.07) is 15.6. The molecule has 0 saturated carbocycles. The van der Waals surface area contributed by atoms with Gasteiger partial charge >= 0.3 is 0 Å². The number of likely N-dealkylation sites (N-methyl/N-ethyl adjacent to an activating group) is 1. The first-order valence-corrected chi connectivity index (χ1v) is 10.1. The topological polar surface area (TPSA) is 64.3 Å². The number of thiocarbonyl (C=S) groups is 1. The number of rotatable bonds is 7. The number of hydrogen-bond donors (Lipinski definition) is 2. The summed E-state index contributed by atoms with van der Waals surface area (Å²) in [7, 11) is 4.04. The lowest BCUT2D eigenvalue weighted by Gasteiger charge is -2.27. The molecular formula is C22H27N5OS. The van der Waals surface area contributed by atoms with Crippen molar-refractivity contribution in [2.75, 3.05) is 32.5 Å². The van der Waals surface area contributed by atoms with E-state index in [4.69, 9.17) is 12.2 Å². The van der Waals surface area contributed by atoms with E-state index < -0.39 is 0 Å². The van der Waals surface area contributed by atoms with E-state index >= 15 is 0 Å². The molecule has 3 rings (SSSR count). The van der Waals surface area contributed by atoms with Crippen molar-refractivity contribution in [1.29, 1.82) is 0 Å². The number of para-hydroxylation sites is 1. The maximum Gasteiger partial charge on any atom is 0.258 e. The maximum atomic E-state index is 12.4. The number of anilines is 1. The minimum Gasteiger partial charge on any atom is -0.340 e. The predicted molar refractivity (Wildman–Crippen MR) is 123 cm³/mol. The molecule has 3 aromatic rings. The summed E-state index contributed by atoms with van der Waals surface area (Å²) in [6.07, 6.45) is 1.00. The second-order valence-electron chi connectivity index (χ2n) is 7.24. The van der Waals surface area contributed by atoms with Crippen LogP contribution in [-0.2, 0) is 13.0 Å². The molecule has 6 nitrogen and oxygen atoms in total. The second-order valence-corrected chi connectivity index (χ2v) is 7.62. The van der Waals surface area contributed by atoms with Crippen molar-refractivity contribution >= 4 is 33.9 Å². The molecule has 0 aliphatic heterocycles. The van der Waals surface area contributed by atoms with E-state index in [1.54, 1.807) is 6.07 Å². The van der Waals surface area contributed by atoms with Crippen LogP contribution in [-0.4, -0.2) is 52.1 Å². The van der Waals surface area contributed by atoms with Crippen molar-refractivity contribution in [2.45, 2.75) is 19.9 Å². The van der Waals surface area contributed by atoms with Gasteiger partial charge in [-0.1, -0.05) is 31.2 Å². The maximum absolute atomic E-state index is 12.4. The SMILES string of the molecule is CCc1ccc(NC(=S)N(CCN(C)C)Cc2nc3ccccc3c(=O)[nH]2)cc1. The molecule has 7 heteroatoms. The highest BCUT2D eigenvalue weighted by atomic mass is 32.1. The molecule has 0 atom stereocenters. The van der Waals surface area contributed by atoms with Crippen LogP contribution in [0.5, 0.6) is 0 Å². The molecule has 1 aromatic heterocycles. The molecule has 0 unspecified atom stereocenters. The lowest BCUT2D eigenvalue weighted by atomic mass is 10.1. The standard InChI is InChI=1S/C22H27N5OS/c1-4-16-9-11-17(12-10-16)23-22(29)27(14-13-26(2)3)15-20-24-19-8-6-5-7-18(19)21(28)25-20/h5-12H,4,13-15H2,1-3H3,(H,23,29)(H,24,25,28). The number of aromatic amines is 1. The zero-order valence-electron chi connectivity index (χ0n) is 17.1. The van der Waals surface area contributed by atoms with Gasteiger partial charge in [0.25, 0.3) is 5.56 Å². The Bertz CT molecular complexity index is 1030. The lowest BCUT2D eigenvalue weighted by molar-refractivity contribution is 0.323. The van der Waals surface area contributed by atoms with Gasteiger partial charge in [0.2, 0.25) is 0 Å². The lowest BCUT2D eigenvalue weighted by Crippen LogP contribution is -2.39. The fourth-order valence-corrected chi connectivity index (χ4v) is 3.26. The molecule has 29 heavy (non-hydrogen) atoms. The molecule has 0 aliphatic carbocycles. The van der Waals surface area contributed by atoms with E-state index in [9.17, 15) is 4.79 Å². The van der Waals surface area contributed by atoms with Crippen LogP contribution >= 0.6 is 12.2 Å². The highest BCUT2D eigenvalue weighted by molar-refractivity contribution is 7.80. The number of nitrogens with one attached hydrogen (secondary N) is 2. The number of hydrogen-bond acceptors (Lipinski definition) is 4. The first-order valence-electron chi connectivity index (χ1n) is 9.74. The van der Waals surface area contributed by atoms with Crippen molar-refractivity contribution < 1.29 is 0 Å². The van der Waals surface area contributed by atoms with Crippen molar-refractivity contribution in [3.05, 3.63) is 70.3 Å². The molecule has 0 radical (unpaired) electrons. The van der Waals surface area contributed by atoms with Gasteiger partial charge in [-0.15, -0.1) is 0 Å². The smallest absolute Gasteiger partial charge is 0.258 e. The Kier molecular flexibility index (Phi) is 6.95. The van der Waals surface area contributed by atoms with Crippen LogP contribution in [0.1, 0.15) is 18.3 Å². The van der Waals surface area contributed by atoms with Crippen LogP contribution in [0.4, 0.5) is 5.69 Å². The van der Waals surface area contributed by atoms with Crippen LogP contribution in [0.25, 0.3) is 10.9 Å². The highest BCUT2D eigenvalue weighted by Crippen LogP contribution is 2.12. The molecule has 2 aromatic carbocycles. The normalized spacial score (nSPS) is 11.0. The molecule has 1 heterocycles. The van der Waals surface area contributed by atoms with Gasteiger partial charge in [0.15, 0.2) is 5.11 Å². The fourth-order valence-electron chi connectivity index (χ4n) is 2.99. The summed E-state index contributed by atoms with van der Waals surface area (Å²) in [5, 5.41) is 4.50. The minimum atomic E-state index is -0.132. The second kappa shape index (κ2) is 9.62. The van der Waals surface area contributed by atoms with Gasteiger partial charge in [0, 0.05) is 18.8 Å². The molecular weight excluding hydrogens is 382 g/mol. The molecule has 0 aliphatic rings. The molecule has 0 bridgehead atoms. The number of H-pyrrole nitrogens is 1. The number of aryl methyl sites for hydroxylation is 1. The van der Waals surface area contributed by atoms with Gasteiger partial charge in [-0.05, 0) is 62.6 Å². The Morgan fingerprint density at radius 1 is 1.10 bits per heavy atom. The summed E-state index contributed by atoms with van der Waals surface area (Å²) < 4.78 is 0. The molecule has 2 N–H and O–H groups in total. The van der Waals surface area contributed by atoms with Gasteiger partial charge in [-0.3, -0.25) is 4.79 Å². The Morgan fingerprint density at radius 2 is 1.83 bits per heavy atom. The number of benzene rings is 2. The third-order valence-electron chi connectivity index (χ3n) is 4.72. The van der Waals surface area contributed by atoms with E-state index in [1.807, 2.05) is 49.3 Å². The molecule has 0 spiro atoms. The number of nitrogens with zero attached hydrogens (tertiary/aromatic N) is 3. The van der Waals surface area contributed by atoms with Crippen LogP contribution in [0.3, 0.4) is 0 Å². The molecule has 0 saturated heterocycles. The summed E-state index contributed by atoms with van der Waals surface area (Å²) in [6.45, 7) is 4.09. The Balaban J connectivity index is 1.80. The van der Waals surface area contributed by atoms with Gasteiger partial charge in [-0.2, -0.15) is 0 Å². The van der Waals surface area contributed by atoms with Crippen molar-refractivity contribution in [3.8, 4) is 0 Å². The Labute approximate surface area is 176 Å². The molecule has 0 amide bonds. The van der Waals surface area contributed by atoms with E-state index in [1.165, 1.54) is 5.56 Å². The van der Waals surface area contributed by atoms with Crippen LogP contribution in [0, 0.1) is 0 Å².